The number of nitrogens with zero attached hydrogens (tertiary/aromatic N) is 2. The molecule has 0 bridgehead atoms. The lowest BCUT2D eigenvalue weighted by molar-refractivity contribution is 0.0946. The molecule has 5 aromatic rings. The van der Waals surface area contributed by atoms with Gasteiger partial charge < -0.3 is 20.0 Å². The zero-order valence-corrected chi connectivity index (χ0v) is 16.3. The summed E-state index contributed by atoms with van der Waals surface area (Å²) in [5, 5.41) is 4.86. The van der Waals surface area contributed by atoms with Gasteiger partial charge in [0, 0.05) is 34.6 Å². The van der Waals surface area contributed by atoms with Gasteiger partial charge in [0.15, 0.2) is 0 Å². The second-order valence-corrected chi connectivity index (χ2v) is 6.98. The molecule has 0 saturated heterocycles. The molecule has 1 amide bonds. The summed E-state index contributed by atoms with van der Waals surface area (Å²) in [6, 6.07) is 17.4. The number of hydrogen-bond donors (Lipinski definition) is 3. The summed E-state index contributed by atoms with van der Waals surface area (Å²) in [7, 11) is 1.62. The van der Waals surface area contributed by atoms with Gasteiger partial charge in [0.25, 0.3) is 5.91 Å². The largest absolute Gasteiger partial charge is 0.497 e. The van der Waals surface area contributed by atoms with Gasteiger partial charge >= 0.3 is 0 Å². The maximum absolute atomic E-state index is 12.6. The highest BCUT2D eigenvalue weighted by Crippen LogP contribution is 2.28. The Hall–Kier alpha value is -4.13. The molecule has 0 fully saturated rings. The number of amides is 1. The average molecular weight is 397 g/mol. The Labute approximate surface area is 172 Å². The van der Waals surface area contributed by atoms with Crippen LogP contribution in [0.1, 0.15) is 16.1 Å². The molecule has 3 N–H and O–H groups in total. The van der Waals surface area contributed by atoms with Crippen molar-refractivity contribution in [3.63, 3.8) is 0 Å². The van der Waals surface area contributed by atoms with Crippen LogP contribution in [0.25, 0.3) is 33.2 Å². The lowest BCUT2D eigenvalue weighted by atomic mass is 10.1. The molecule has 0 unspecified atom stereocenters. The highest BCUT2D eigenvalue weighted by atomic mass is 16.5. The highest BCUT2D eigenvalue weighted by molar-refractivity contribution is 5.99. The molecule has 0 spiro atoms. The molecule has 0 saturated carbocycles. The summed E-state index contributed by atoms with van der Waals surface area (Å²) in [5.74, 6) is 0.603. The van der Waals surface area contributed by atoms with E-state index in [9.17, 15) is 4.79 Å². The summed E-state index contributed by atoms with van der Waals surface area (Å²) in [6.45, 7) is 0.420. The number of H-pyrrole nitrogens is 2. The molecule has 0 aliphatic heterocycles. The number of nitrogens with one attached hydrogen (secondary N) is 3. The number of methoxy groups -OCH3 is 1. The van der Waals surface area contributed by atoms with Crippen molar-refractivity contribution in [3.8, 4) is 17.0 Å². The van der Waals surface area contributed by atoms with Gasteiger partial charge in [0.2, 0.25) is 0 Å². The summed E-state index contributed by atoms with van der Waals surface area (Å²) in [4.78, 5) is 27.6. The first-order valence-corrected chi connectivity index (χ1v) is 9.53. The summed E-state index contributed by atoms with van der Waals surface area (Å²) in [5.41, 5.74) is 4.96. The van der Waals surface area contributed by atoms with Crippen molar-refractivity contribution >= 4 is 27.8 Å². The normalized spacial score (nSPS) is 11.1. The van der Waals surface area contributed by atoms with E-state index in [2.05, 4.69) is 25.3 Å². The minimum atomic E-state index is -0.161. The number of benzene rings is 2. The predicted molar refractivity (Wildman–Crippen MR) is 115 cm³/mol. The quantitative estimate of drug-likeness (QED) is 0.417. The fourth-order valence-electron chi connectivity index (χ4n) is 3.56. The Kier molecular flexibility index (Phi) is 4.40. The van der Waals surface area contributed by atoms with Crippen LogP contribution < -0.4 is 10.1 Å². The van der Waals surface area contributed by atoms with E-state index in [0.717, 1.165) is 44.5 Å². The van der Waals surface area contributed by atoms with E-state index in [1.807, 2.05) is 60.8 Å². The van der Waals surface area contributed by atoms with Crippen LogP contribution in [0.15, 0.2) is 67.1 Å². The first kappa shape index (κ1) is 17.9. The van der Waals surface area contributed by atoms with Crippen molar-refractivity contribution in [2.45, 2.75) is 6.54 Å². The van der Waals surface area contributed by atoms with Crippen molar-refractivity contribution in [1.82, 2.24) is 25.3 Å². The third-order valence-electron chi connectivity index (χ3n) is 5.08. The monoisotopic (exact) mass is 397 g/mol. The van der Waals surface area contributed by atoms with E-state index in [1.165, 1.54) is 0 Å². The second kappa shape index (κ2) is 7.36. The Bertz CT molecular complexity index is 1370. The molecule has 7 nitrogen and oxygen atoms in total. The van der Waals surface area contributed by atoms with Crippen LogP contribution >= 0.6 is 0 Å². The summed E-state index contributed by atoms with van der Waals surface area (Å²) in [6.07, 6.45) is 3.39. The number of fused-ring (bicyclic) bond motifs is 2. The van der Waals surface area contributed by atoms with Crippen LogP contribution in [0, 0.1) is 0 Å². The number of aromatic nitrogens is 4. The van der Waals surface area contributed by atoms with Crippen molar-refractivity contribution < 1.29 is 9.53 Å². The average Bonchev–Trinajstić information content (AvgIpc) is 3.43. The summed E-state index contributed by atoms with van der Waals surface area (Å²) < 4.78 is 5.23. The standard InChI is InChI=1S/C23H19N5O2/c1-30-17-4-2-3-14(9-17)12-25-23(29)20-10-15-5-6-16(11-19(15)28-20)21-18-7-8-24-22(18)27-13-26-21/h2-11,13,28H,12H2,1H3,(H,25,29)(H,24,26,27). The van der Waals surface area contributed by atoms with Crippen molar-refractivity contribution in [2.75, 3.05) is 7.11 Å². The van der Waals surface area contributed by atoms with Gasteiger partial charge in [-0.05, 0) is 35.9 Å². The van der Waals surface area contributed by atoms with E-state index in [4.69, 9.17) is 4.74 Å². The fraction of sp³-hybridized carbons (Fsp3) is 0.0870. The molecule has 0 radical (unpaired) electrons. The van der Waals surface area contributed by atoms with Crippen LogP contribution in [-0.2, 0) is 6.54 Å². The van der Waals surface area contributed by atoms with Crippen LogP contribution in [0.4, 0.5) is 0 Å². The molecule has 0 aliphatic rings. The zero-order chi connectivity index (χ0) is 20.5. The molecule has 0 aliphatic carbocycles. The van der Waals surface area contributed by atoms with E-state index < -0.39 is 0 Å². The van der Waals surface area contributed by atoms with Gasteiger partial charge in [-0.3, -0.25) is 4.79 Å². The number of ether oxygens (including phenoxy) is 1. The second-order valence-electron chi connectivity index (χ2n) is 6.98. The number of rotatable bonds is 5. The maximum Gasteiger partial charge on any atom is 0.267 e. The van der Waals surface area contributed by atoms with Gasteiger partial charge in [0.05, 0.1) is 12.8 Å². The van der Waals surface area contributed by atoms with Crippen molar-refractivity contribution in [1.29, 1.82) is 0 Å². The van der Waals surface area contributed by atoms with Crippen molar-refractivity contribution in [3.05, 3.63) is 78.4 Å². The molecule has 5 rings (SSSR count). The van der Waals surface area contributed by atoms with Gasteiger partial charge in [-0.2, -0.15) is 0 Å². The highest BCUT2D eigenvalue weighted by Gasteiger charge is 2.12. The molecule has 3 aromatic heterocycles. The van der Waals surface area contributed by atoms with Gasteiger partial charge in [-0.1, -0.05) is 24.3 Å². The van der Waals surface area contributed by atoms with Crippen molar-refractivity contribution in [2.24, 2.45) is 0 Å². The maximum atomic E-state index is 12.6. The third kappa shape index (κ3) is 3.26. The number of carbonyl (C=O) groups is 1. The first-order valence-electron chi connectivity index (χ1n) is 9.53. The number of carbonyl (C=O) groups excluding carboxylic acids is 1. The van der Waals surface area contributed by atoms with E-state index in [1.54, 1.807) is 13.4 Å². The molecular formula is C23H19N5O2. The van der Waals surface area contributed by atoms with Crippen LogP contribution in [-0.4, -0.2) is 33.0 Å². The smallest absolute Gasteiger partial charge is 0.267 e. The fourth-order valence-corrected chi connectivity index (χ4v) is 3.56. The molecule has 30 heavy (non-hydrogen) atoms. The Morgan fingerprint density at radius 3 is 2.93 bits per heavy atom. The molecular weight excluding hydrogens is 378 g/mol. The molecule has 7 heteroatoms. The summed E-state index contributed by atoms with van der Waals surface area (Å²) >= 11 is 0. The Balaban J connectivity index is 1.39. The van der Waals surface area contributed by atoms with Gasteiger partial charge in [-0.15, -0.1) is 0 Å². The lowest BCUT2D eigenvalue weighted by Crippen LogP contribution is -2.23. The van der Waals surface area contributed by atoms with E-state index in [0.29, 0.717) is 12.2 Å². The van der Waals surface area contributed by atoms with Crippen LogP contribution in [0.5, 0.6) is 5.75 Å². The minimum Gasteiger partial charge on any atom is -0.497 e. The third-order valence-corrected chi connectivity index (χ3v) is 5.08. The zero-order valence-electron chi connectivity index (χ0n) is 16.3. The minimum absolute atomic E-state index is 0.161. The topological polar surface area (TPSA) is 95.7 Å². The van der Waals surface area contributed by atoms with Crippen LogP contribution in [0.3, 0.4) is 0 Å². The first-order chi connectivity index (χ1) is 14.7. The van der Waals surface area contributed by atoms with Gasteiger partial charge in [-0.25, -0.2) is 9.97 Å². The molecule has 148 valence electrons. The molecule has 3 heterocycles. The Morgan fingerprint density at radius 1 is 1.10 bits per heavy atom. The lowest BCUT2D eigenvalue weighted by Gasteiger charge is -2.06. The van der Waals surface area contributed by atoms with E-state index >= 15 is 0 Å². The SMILES string of the molecule is COc1cccc(CNC(=O)c2cc3ccc(-c4ncnc5[nH]ccc45)cc3[nH]2)c1. The molecule has 2 aromatic carbocycles. The Morgan fingerprint density at radius 2 is 2.03 bits per heavy atom. The molecule has 0 atom stereocenters. The van der Waals surface area contributed by atoms with Crippen LogP contribution in [0.2, 0.25) is 0 Å². The van der Waals surface area contributed by atoms with E-state index in [-0.39, 0.29) is 5.91 Å². The number of aromatic amines is 2. The number of hydrogen-bond acceptors (Lipinski definition) is 4. The van der Waals surface area contributed by atoms with Gasteiger partial charge in [0.1, 0.15) is 23.4 Å². The predicted octanol–water partition coefficient (Wildman–Crippen LogP) is 4.04.